The van der Waals surface area contributed by atoms with Crippen molar-refractivity contribution in [3.05, 3.63) is 0 Å². The van der Waals surface area contributed by atoms with Gasteiger partial charge in [-0.15, -0.1) is 0 Å². The zero-order valence-corrected chi connectivity index (χ0v) is 14.1. The molecule has 2 rings (SSSR count). The summed E-state index contributed by atoms with van der Waals surface area (Å²) in [5.74, 6) is -0.215. The van der Waals surface area contributed by atoms with E-state index in [1.165, 1.54) is 12.8 Å². The van der Waals surface area contributed by atoms with Crippen LogP contribution in [0.3, 0.4) is 0 Å². The average molecular weight is 296 g/mol. The fraction of sp³-hybridized carbons (Fsp3) is 0.938. The Morgan fingerprint density at radius 2 is 2.05 bits per heavy atom. The van der Waals surface area contributed by atoms with Crippen LogP contribution >= 0.6 is 0 Å². The van der Waals surface area contributed by atoms with E-state index in [9.17, 15) is 4.79 Å². The summed E-state index contributed by atoms with van der Waals surface area (Å²) >= 11 is 0. The highest BCUT2D eigenvalue weighted by molar-refractivity contribution is 5.84. The summed E-state index contributed by atoms with van der Waals surface area (Å²) in [5.41, 5.74) is 5.30. The second-order valence-electron chi connectivity index (χ2n) is 7.73. The maximum Gasteiger partial charge on any atom is 0.237 e. The lowest BCUT2D eigenvalue weighted by molar-refractivity contribution is -0.124. The lowest BCUT2D eigenvalue weighted by atomic mass is 9.93. The number of carbonyl (C=O) groups excluding carboxylic acids is 1. The summed E-state index contributed by atoms with van der Waals surface area (Å²) < 4.78 is 0. The molecule has 2 fully saturated rings. The Labute approximate surface area is 129 Å². The van der Waals surface area contributed by atoms with E-state index in [0.29, 0.717) is 6.04 Å². The summed E-state index contributed by atoms with van der Waals surface area (Å²) in [6.07, 6.45) is 4.19. The van der Waals surface area contributed by atoms with E-state index < -0.39 is 5.54 Å². The fourth-order valence-corrected chi connectivity index (χ4v) is 3.13. The Morgan fingerprint density at radius 1 is 1.38 bits per heavy atom. The first-order valence-electron chi connectivity index (χ1n) is 8.24. The molecule has 0 aromatic carbocycles. The number of rotatable bonds is 7. The molecule has 1 heterocycles. The number of nitrogens with zero attached hydrogens (tertiary/aromatic N) is 2. The minimum atomic E-state index is -0.538. The summed E-state index contributed by atoms with van der Waals surface area (Å²) in [6, 6.07) is 0.505. The van der Waals surface area contributed by atoms with E-state index in [-0.39, 0.29) is 11.4 Å². The minimum Gasteiger partial charge on any atom is -0.368 e. The summed E-state index contributed by atoms with van der Waals surface area (Å²) in [4.78, 5) is 16.7. The topological polar surface area (TPSA) is 61.6 Å². The molecule has 0 aromatic rings. The molecule has 5 nitrogen and oxygen atoms in total. The maximum atomic E-state index is 11.8. The van der Waals surface area contributed by atoms with E-state index in [4.69, 9.17) is 5.73 Å². The molecule has 1 amide bonds. The van der Waals surface area contributed by atoms with E-state index in [0.717, 1.165) is 39.0 Å². The van der Waals surface area contributed by atoms with Crippen LogP contribution in [0.15, 0.2) is 0 Å². The zero-order chi connectivity index (χ0) is 15.7. The Balaban J connectivity index is 1.78. The van der Waals surface area contributed by atoms with E-state index in [2.05, 4.69) is 36.0 Å². The number of piperazine rings is 1. The van der Waals surface area contributed by atoms with Crippen molar-refractivity contribution in [2.24, 2.45) is 5.73 Å². The van der Waals surface area contributed by atoms with Crippen LogP contribution in [0.1, 0.15) is 46.5 Å². The Kier molecular flexibility index (Phi) is 4.96. The molecule has 1 saturated carbocycles. The van der Waals surface area contributed by atoms with Crippen LogP contribution in [0.4, 0.5) is 0 Å². The minimum absolute atomic E-state index is 0.215. The van der Waals surface area contributed by atoms with Crippen LogP contribution in [0.2, 0.25) is 0 Å². The van der Waals surface area contributed by atoms with Crippen molar-refractivity contribution in [3.63, 3.8) is 0 Å². The second kappa shape index (κ2) is 6.23. The first kappa shape index (κ1) is 16.7. The van der Waals surface area contributed by atoms with Crippen molar-refractivity contribution >= 4 is 5.91 Å². The van der Waals surface area contributed by atoms with Gasteiger partial charge in [0.1, 0.15) is 0 Å². The Bertz CT molecular complexity index is 380. The van der Waals surface area contributed by atoms with Gasteiger partial charge in [-0.1, -0.05) is 0 Å². The number of hydrogen-bond donors (Lipinski definition) is 2. The third kappa shape index (κ3) is 4.41. The lowest BCUT2D eigenvalue weighted by Gasteiger charge is -2.45. The van der Waals surface area contributed by atoms with Crippen molar-refractivity contribution in [1.29, 1.82) is 0 Å². The molecular weight excluding hydrogens is 264 g/mol. The largest absolute Gasteiger partial charge is 0.368 e. The molecule has 1 saturated heterocycles. The van der Waals surface area contributed by atoms with E-state index in [1.54, 1.807) is 0 Å². The van der Waals surface area contributed by atoms with Crippen molar-refractivity contribution in [1.82, 2.24) is 15.1 Å². The van der Waals surface area contributed by atoms with Crippen molar-refractivity contribution in [2.75, 3.05) is 33.2 Å². The van der Waals surface area contributed by atoms with Crippen molar-refractivity contribution in [2.45, 2.75) is 63.6 Å². The standard InChI is InChI=1S/C16H32N4O/c1-15(2)12-20(11-10-19(15)4)9-5-8-16(3,14(17)21)18-13-6-7-13/h13,18H,5-12H2,1-4H3,(H2,17,21). The Morgan fingerprint density at radius 3 is 2.57 bits per heavy atom. The van der Waals surface area contributed by atoms with Gasteiger partial charge in [0, 0.05) is 31.2 Å². The first-order valence-corrected chi connectivity index (χ1v) is 8.24. The van der Waals surface area contributed by atoms with Crippen LogP contribution < -0.4 is 11.1 Å². The van der Waals surface area contributed by atoms with Gasteiger partial charge >= 0.3 is 0 Å². The number of nitrogens with one attached hydrogen (secondary N) is 1. The molecule has 5 heteroatoms. The van der Waals surface area contributed by atoms with Gasteiger partial charge in [-0.3, -0.25) is 9.69 Å². The average Bonchev–Trinajstić information content (AvgIpc) is 3.17. The lowest BCUT2D eigenvalue weighted by Crippen LogP contribution is -2.58. The predicted molar refractivity (Wildman–Crippen MR) is 86.1 cm³/mol. The summed E-state index contributed by atoms with van der Waals surface area (Å²) in [6.45, 7) is 10.9. The van der Waals surface area contributed by atoms with E-state index in [1.807, 2.05) is 6.92 Å². The molecule has 0 spiro atoms. The fourth-order valence-electron chi connectivity index (χ4n) is 3.13. The smallest absolute Gasteiger partial charge is 0.237 e. The molecule has 1 unspecified atom stereocenters. The highest BCUT2D eigenvalue weighted by Gasteiger charge is 2.37. The van der Waals surface area contributed by atoms with Gasteiger partial charge in [-0.05, 0) is 60.0 Å². The molecule has 3 N–H and O–H groups in total. The highest BCUT2D eigenvalue weighted by Crippen LogP contribution is 2.25. The zero-order valence-electron chi connectivity index (χ0n) is 14.1. The van der Waals surface area contributed by atoms with Gasteiger partial charge in [0.25, 0.3) is 0 Å². The van der Waals surface area contributed by atoms with Crippen LogP contribution in [0, 0.1) is 0 Å². The number of likely N-dealkylation sites (N-methyl/N-ethyl adjacent to an activating group) is 1. The normalized spacial score (nSPS) is 26.5. The van der Waals surface area contributed by atoms with Gasteiger partial charge < -0.3 is 16.0 Å². The second-order valence-corrected chi connectivity index (χ2v) is 7.73. The molecule has 21 heavy (non-hydrogen) atoms. The first-order chi connectivity index (χ1) is 9.73. The summed E-state index contributed by atoms with van der Waals surface area (Å²) in [7, 11) is 2.20. The van der Waals surface area contributed by atoms with Gasteiger partial charge in [-0.25, -0.2) is 0 Å². The third-order valence-corrected chi connectivity index (χ3v) is 5.19. The molecule has 1 atom stereocenters. The predicted octanol–water partition coefficient (Wildman–Crippen LogP) is 0.789. The maximum absolute atomic E-state index is 11.8. The van der Waals surface area contributed by atoms with Gasteiger partial charge in [0.15, 0.2) is 0 Å². The summed E-state index contributed by atoms with van der Waals surface area (Å²) in [5, 5.41) is 3.43. The van der Waals surface area contributed by atoms with E-state index >= 15 is 0 Å². The van der Waals surface area contributed by atoms with Crippen molar-refractivity contribution in [3.8, 4) is 0 Å². The molecule has 0 radical (unpaired) electrons. The molecule has 1 aliphatic carbocycles. The molecule has 122 valence electrons. The third-order valence-electron chi connectivity index (χ3n) is 5.19. The molecule has 0 bridgehead atoms. The highest BCUT2D eigenvalue weighted by atomic mass is 16.1. The van der Waals surface area contributed by atoms with Crippen LogP contribution in [0.5, 0.6) is 0 Å². The van der Waals surface area contributed by atoms with Crippen LogP contribution in [-0.2, 0) is 4.79 Å². The Hall–Kier alpha value is -0.650. The number of amides is 1. The van der Waals surface area contributed by atoms with Crippen molar-refractivity contribution < 1.29 is 4.79 Å². The number of hydrogen-bond acceptors (Lipinski definition) is 4. The number of primary amides is 1. The molecular formula is C16H32N4O. The number of carbonyl (C=O) groups is 1. The van der Waals surface area contributed by atoms with Gasteiger partial charge in [0.2, 0.25) is 5.91 Å². The van der Waals surface area contributed by atoms with Gasteiger partial charge in [0.05, 0.1) is 5.54 Å². The molecule has 1 aliphatic heterocycles. The monoisotopic (exact) mass is 296 g/mol. The quantitative estimate of drug-likeness (QED) is 0.729. The van der Waals surface area contributed by atoms with Gasteiger partial charge in [-0.2, -0.15) is 0 Å². The molecule has 2 aliphatic rings. The van der Waals surface area contributed by atoms with Crippen LogP contribution in [0.25, 0.3) is 0 Å². The molecule has 0 aromatic heterocycles. The number of nitrogens with two attached hydrogens (primary N) is 1. The SMILES string of the molecule is CN1CCN(CCCC(C)(NC2CC2)C(N)=O)CC1(C)C. The van der Waals surface area contributed by atoms with Crippen LogP contribution in [-0.4, -0.2) is 66.1 Å².